The van der Waals surface area contributed by atoms with Crippen molar-refractivity contribution >= 4 is 39.8 Å². The molecule has 0 radical (unpaired) electrons. The molecule has 0 aliphatic carbocycles. The van der Waals surface area contributed by atoms with Crippen LogP contribution in [0, 0.1) is 36.5 Å². The average molecular weight is 401 g/mol. The molecule has 0 unspecified atom stereocenters. The van der Waals surface area contributed by atoms with E-state index in [4.69, 9.17) is 22.1 Å². The maximum absolute atomic E-state index is 8.89. The Balaban J connectivity index is 1.82. The zero-order valence-electron chi connectivity index (χ0n) is 15.9. The van der Waals surface area contributed by atoms with Gasteiger partial charge in [-0.05, 0) is 73.0 Å². The third-order valence-electron chi connectivity index (χ3n) is 4.18. The number of aromatic nitrogens is 2. The molecule has 1 aromatic heterocycles. The lowest BCUT2D eigenvalue weighted by Crippen LogP contribution is -2.02. The largest absolute Gasteiger partial charge is 0.340 e. The lowest BCUT2D eigenvalue weighted by Gasteiger charge is -2.15. The lowest BCUT2D eigenvalue weighted by molar-refractivity contribution is 1.16. The Morgan fingerprint density at radius 3 is 2.34 bits per heavy atom. The van der Waals surface area contributed by atoms with Gasteiger partial charge in [-0.15, -0.1) is 0 Å². The molecule has 0 amide bonds. The Morgan fingerprint density at radius 2 is 1.72 bits per heavy atom. The van der Waals surface area contributed by atoms with E-state index in [0.29, 0.717) is 22.4 Å². The van der Waals surface area contributed by atoms with Gasteiger partial charge in [0.2, 0.25) is 5.95 Å². The Hall–Kier alpha value is -3.87. The van der Waals surface area contributed by atoms with Gasteiger partial charge in [-0.25, -0.2) is 4.98 Å². The van der Waals surface area contributed by atoms with Crippen LogP contribution in [0.5, 0.6) is 0 Å². The summed E-state index contributed by atoms with van der Waals surface area (Å²) in [7, 11) is 0. The number of hydrogen-bond acceptors (Lipinski definition) is 6. The SMILES string of the molecule is Cc1cc(/C(Cl)=C\C#N)cc(C)c1Nc1ccnc(Nc2ccc(C#N)cc2)n1. The smallest absolute Gasteiger partial charge is 0.229 e. The van der Waals surface area contributed by atoms with E-state index in [2.05, 4.69) is 26.7 Å². The van der Waals surface area contributed by atoms with Crippen LogP contribution in [0.3, 0.4) is 0 Å². The van der Waals surface area contributed by atoms with Crippen molar-refractivity contribution in [2.75, 3.05) is 10.6 Å². The molecule has 0 fully saturated rings. The Labute approximate surface area is 174 Å². The molecule has 29 heavy (non-hydrogen) atoms. The topological polar surface area (TPSA) is 97.4 Å². The van der Waals surface area contributed by atoms with Crippen molar-refractivity contribution in [3.63, 3.8) is 0 Å². The van der Waals surface area contributed by atoms with E-state index in [-0.39, 0.29) is 0 Å². The number of rotatable bonds is 5. The average Bonchev–Trinajstić information content (AvgIpc) is 2.71. The minimum atomic E-state index is 0.404. The van der Waals surface area contributed by atoms with E-state index in [0.717, 1.165) is 28.1 Å². The second kappa shape index (κ2) is 8.88. The monoisotopic (exact) mass is 400 g/mol. The molecule has 0 spiro atoms. The van der Waals surface area contributed by atoms with E-state index in [9.17, 15) is 0 Å². The molecule has 0 atom stereocenters. The second-order valence-electron chi connectivity index (χ2n) is 6.31. The summed E-state index contributed by atoms with van der Waals surface area (Å²) in [5.41, 5.74) is 5.04. The molecule has 0 aliphatic rings. The molecule has 0 saturated carbocycles. The fraction of sp³-hybridized carbons (Fsp3) is 0.0909. The normalized spacial score (nSPS) is 10.7. The maximum atomic E-state index is 8.89. The number of nitrogens with zero attached hydrogens (tertiary/aromatic N) is 4. The van der Waals surface area contributed by atoms with E-state index in [1.54, 1.807) is 36.5 Å². The fourth-order valence-corrected chi connectivity index (χ4v) is 2.97. The summed E-state index contributed by atoms with van der Waals surface area (Å²) in [5.74, 6) is 1.07. The molecule has 0 bridgehead atoms. The number of aryl methyl sites for hydroxylation is 2. The van der Waals surface area contributed by atoms with Crippen molar-refractivity contribution in [1.29, 1.82) is 10.5 Å². The van der Waals surface area contributed by atoms with Gasteiger partial charge in [0.15, 0.2) is 0 Å². The van der Waals surface area contributed by atoms with Crippen LogP contribution < -0.4 is 10.6 Å². The Kier molecular flexibility index (Phi) is 6.09. The molecule has 1 heterocycles. The second-order valence-corrected chi connectivity index (χ2v) is 6.72. The molecule has 3 aromatic rings. The summed E-state index contributed by atoms with van der Waals surface area (Å²) in [4.78, 5) is 8.74. The molecule has 3 rings (SSSR count). The highest BCUT2D eigenvalue weighted by atomic mass is 35.5. The fourth-order valence-electron chi connectivity index (χ4n) is 2.81. The van der Waals surface area contributed by atoms with Crippen molar-refractivity contribution in [3.8, 4) is 12.1 Å². The first-order valence-corrected chi connectivity index (χ1v) is 9.12. The minimum Gasteiger partial charge on any atom is -0.340 e. The number of anilines is 4. The van der Waals surface area contributed by atoms with Crippen LogP contribution in [-0.2, 0) is 0 Å². The molecule has 142 valence electrons. The maximum Gasteiger partial charge on any atom is 0.229 e. The van der Waals surface area contributed by atoms with Crippen molar-refractivity contribution < 1.29 is 0 Å². The summed E-state index contributed by atoms with van der Waals surface area (Å²) in [5, 5.41) is 24.5. The first-order valence-electron chi connectivity index (χ1n) is 8.74. The van der Waals surface area contributed by atoms with Crippen molar-refractivity contribution in [3.05, 3.63) is 77.0 Å². The molecule has 2 N–H and O–H groups in total. The molecule has 6 nitrogen and oxygen atoms in total. The number of halogens is 1. The highest BCUT2D eigenvalue weighted by Crippen LogP contribution is 2.29. The van der Waals surface area contributed by atoms with Gasteiger partial charge in [0.05, 0.1) is 22.7 Å². The van der Waals surface area contributed by atoms with Gasteiger partial charge in [0, 0.05) is 23.6 Å². The van der Waals surface area contributed by atoms with E-state index in [1.165, 1.54) is 6.08 Å². The van der Waals surface area contributed by atoms with Crippen LogP contribution in [0.1, 0.15) is 22.3 Å². The highest BCUT2D eigenvalue weighted by molar-refractivity contribution is 6.49. The lowest BCUT2D eigenvalue weighted by atomic mass is 10.0. The van der Waals surface area contributed by atoms with Gasteiger partial charge >= 0.3 is 0 Å². The summed E-state index contributed by atoms with van der Waals surface area (Å²) in [6.07, 6.45) is 2.97. The zero-order chi connectivity index (χ0) is 20.8. The summed E-state index contributed by atoms with van der Waals surface area (Å²) in [6.45, 7) is 3.93. The molecule has 0 saturated heterocycles. The number of benzene rings is 2. The third-order valence-corrected chi connectivity index (χ3v) is 4.51. The standard InChI is InChI=1S/C22H17ClN6/c1-14-11-17(19(23)7-9-24)12-15(2)21(14)28-20-8-10-26-22(29-20)27-18-5-3-16(13-25)4-6-18/h3-8,10-12H,1-2H3,(H2,26,27,28,29)/b19-7+. The van der Waals surface area contributed by atoms with Gasteiger partial charge in [-0.2, -0.15) is 15.5 Å². The quantitative estimate of drug-likeness (QED) is 0.544. The van der Waals surface area contributed by atoms with Crippen LogP contribution >= 0.6 is 11.6 Å². The van der Waals surface area contributed by atoms with Crippen LogP contribution in [0.25, 0.3) is 5.03 Å². The van der Waals surface area contributed by atoms with Crippen LogP contribution in [0.15, 0.2) is 54.7 Å². The predicted molar refractivity (Wildman–Crippen MR) is 115 cm³/mol. The molecule has 0 aliphatic heterocycles. The van der Waals surface area contributed by atoms with Gasteiger partial charge in [-0.1, -0.05) is 11.6 Å². The third kappa shape index (κ3) is 4.90. The number of nitriles is 2. The van der Waals surface area contributed by atoms with Crippen LogP contribution in [0.4, 0.5) is 23.1 Å². The zero-order valence-corrected chi connectivity index (χ0v) is 16.6. The van der Waals surface area contributed by atoms with Crippen molar-refractivity contribution in [1.82, 2.24) is 9.97 Å². The van der Waals surface area contributed by atoms with Gasteiger partial charge in [-0.3, -0.25) is 0 Å². The highest BCUT2D eigenvalue weighted by Gasteiger charge is 2.09. The van der Waals surface area contributed by atoms with Crippen LogP contribution in [0.2, 0.25) is 0 Å². The summed E-state index contributed by atoms with van der Waals surface area (Å²) < 4.78 is 0. The number of hydrogen-bond donors (Lipinski definition) is 2. The molecule has 2 aromatic carbocycles. The first kappa shape index (κ1) is 19.9. The van der Waals surface area contributed by atoms with Gasteiger partial charge in [0.1, 0.15) is 5.82 Å². The van der Waals surface area contributed by atoms with Crippen molar-refractivity contribution in [2.24, 2.45) is 0 Å². The predicted octanol–water partition coefficient (Wildman–Crippen LogP) is 5.56. The van der Waals surface area contributed by atoms with Gasteiger partial charge in [0.25, 0.3) is 0 Å². The molecular weight excluding hydrogens is 384 g/mol. The number of nitrogens with one attached hydrogen (secondary N) is 2. The summed E-state index contributed by atoms with van der Waals surface area (Å²) in [6, 6.07) is 16.7. The van der Waals surface area contributed by atoms with Gasteiger partial charge < -0.3 is 10.6 Å². The van der Waals surface area contributed by atoms with Crippen molar-refractivity contribution in [2.45, 2.75) is 13.8 Å². The Bertz CT molecular complexity index is 1130. The molecule has 7 heteroatoms. The van der Waals surface area contributed by atoms with E-state index >= 15 is 0 Å². The summed E-state index contributed by atoms with van der Waals surface area (Å²) >= 11 is 6.15. The van der Waals surface area contributed by atoms with E-state index in [1.807, 2.05) is 32.0 Å². The van der Waals surface area contributed by atoms with Crippen LogP contribution in [-0.4, -0.2) is 9.97 Å². The first-order chi connectivity index (χ1) is 14.0. The molecular formula is C22H17ClN6. The van der Waals surface area contributed by atoms with E-state index < -0.39 is 0 Å². The Morgan fingerprint density at radius 1 is 1.03 bits per heavy atom. The minimum absolute atomic E-state index is 0.404. The number of allylic oxidation sites excluding steroid dienone is 1.